The Morgan fingerprint density at radius 2 is 1.75 bits per heavy atom. The van der Waals surface area contributed by atoms with Gasteiger partial charge in [-0.2, -0.15) is 13.2 Å². The maximum Gasteiger partial charge on any atom is 0.416 e. The number of carbonyl (C=O) groups excluding carboxylic acids is 2. The summed E-state index contributed by atoms with van der Waals surface area (Å²) in [5.41, 5.74) is -0.371. The molecule has 0 saturated carbocycles. The standard InChI is InChI=1S/C21H19F3N2O2/c1-3-8-18(26-20(28)15-9-5-4-6-10-15)14(2)19(27)25-17-12-7-11-16(13-17)21(22,23)24/h4-13H,2-3H2,1H3,(H,25,27)(H,26,28)/b18-8+. The first-order valence-corrected chi connectivity index (χ1v) is 8.46. The minimum atomic E-state index is -4.52. The normalized spacial score (nSPS) is 11.6. The molecule has 0 radical (unpaired) electrons. The molecule has 0 aromatic heterocycles. The Kier molecular flexibility index (Phi) is 6.76. The lowest BCUT2D eigenvalue weighted by atomic mass is 10.1. The Hall–Kier alpha value is -3.35. The van der Waals surface area contributed by atoms with Gasteiger partial charge in [0.1, 0.15) is 0 Å². The average Bonchev–Trinajstić information content (AvgIpc) is 2.67. The SMILES string of the molecule is C=C(C(=O)Nc1cccc(C(F)(F)F)c1)/C(=C\CC)NC(=O)c1ccccc1. The number of anilines is 1. The largest absolute Gasteiger partial charge is 0.416 e. The van der Waals surface area contributed by atoms with Crippen LogP contribution in [0.1, 0.15) is 29.3 Å². The van der Waals surface area contributed by atoms with Crippen molar-refractivity contribution in [1.29, 1.82) is 0 Å². The van der Waals surface area contributed by atoms with Crippen LogP contribution in [0.4, 0.5) is 18.9 Å². The van der Waals surface area contributed by atoms with Crippen LogP contribution in [-0.4, -0.2) is 11.8 Å². The van der Waals surface area contributed by atoms with Crippen molar-refractivity contribution in [3.63, 3.8) is 0 Å². The first-order chi connectivity index (χ1) is 13.2. The number of amides is 2. The molecule has 0 spiro atoms. The first-order valence-electron chi connectivity index (χ1n) is 8.46. The molecule has 0 aliphatic rings. The summed E-state index contributed by atoms with van der Waals surface area (Å²) in [5.74, 6) is -1.14. The van der Waals surface area contributed by atoms with E-state index in [0.29, 0.717) is 12.0 Å². The molecule has 0 aliphatic carbocycles. The highest BCUT2D eigenvalue weighted by molar-refractivity contribution is 6.07. The van der Waals surface area contributed by atoms with Crippen LogP contribution in [0.25, 0.3) is 0 Å². The van der Waals surface area contributed by atoms with Crippen LogP contribution in [0.3, 0.4) is 0 Å². The molecule has 0 unspecified atom stereocenters. The third-order valence-electron chi connectivity index (χ3n) is 3.74. The van der Waals surface area contributed by atoms with Gasteiger partial charge in [-0.05, 0) is 36.8 Å². The molecule has 4 nitrogen and oxygen atoms in total. The summed E-state index contributed by atoms with van der Waals surface area (Å²) >= 11 is 0. The summed E-state index contributed by atoms with van der Waals surface area (Å²) in [7, 11) is 0. The number of allylic oxidation sites excluding steroid dienone is 1. The zero-order chi connectivity index (χ0) is 20.7. The summed E-state index contributed by atoms with van der Waals surface area (Å²) in [6, 6.07) is 12.7. The van der Waals surface area contributed by atoms with Gasteiger partial charge in [0.05, 0.1) is 11.1 Å². The van der Waals surface area contributed by atoms with E-state index in [1.165, 1.54) is 12.1 Å². The van der Waals surface area contributed by atoms with Crippen molar-refractivity contribution in [2.24, 2.45) is 0 Å². The lowest BCUT2D eigenvalue weighted by Crippen LogP contribution is -2.27. The molecule has 2 N–H and O–H groups in total. The van der Waals surface area contributed by atoms with Crippen molar-refractivity contribution in [2.45, 2.75) is 19.5 Å². The molecule has 7 heteroatoms. The zero-order valence-corrected chi connectivity index (χ0v) is 15.1. The molecule has 0 fully saturated rings. The van der Waals surface area contributed by atoms with Gasteiger partial charge in [0.2, 0.25) is 0 Å². The van der Waals surface area contributed by atoms with E-state index in [2.05, 4.69) is 17.2 Å². The summed E-state index contributed by atoms with van der Waals surface area (Å²) in [6.45, 7) is 5.48. The molecular weight excluding hydrogens is 369 g/mol. The second kappa shape index (κ2) is 9.03. The Morgan fingerprint density at radius 1 is 1.07 bits per heavy atom. The molecule has 2 amide bonds. The lowest BCUT2D eigenvalue weighted by molar-refractivity contribution is -0.137. The van der Waals surface area contributed by atoms with Crippen molar-refractivity contribution < 1.29 is 22.8 Å². The Morgan fingerprint density at radius 3 is 2.36 bits per heavy atom. The fraction of sp³-hybridized carbons (Fsp3) is 0.143. The van der Waals surface area contributed by atoms with Gasteiger partial charge in [-0.1, -0.05) is 43.8 Å². The summed E-state index contributed by atoms with van der Waals surface area (Å²) in [4.78, 5) is 24.7. The molecule has 0 atom stereocenters. The van der Waals surface area contributed by atoms with E-state index >= 15 is 0 Å². The van der Waals surface area contributed by atoms with Gasteiger partial charge < -0.3 is 10.6 Å². The molecule has 2 rings (SSSR count). The van der Waals surface area contributed by atoms with E-state index in [-0.39, 0.29) is 17.0 Å². The lowest BCUT2D eigenvalue weighted by Gasteiger charge is -2.14. The van der Waals surface area contributed by atoms with Crippen LogP contribution in [0.2, 0.25) is 0 Å². The van der Waals surface area contributed by atoms with Crippen LogP contribution in [-0.2, 0) is 11.0 Å². The third kappa shape index (κ3) is 5.57. The maximum absolute atomic E-state index is 12.8. The topological polar surface area (TPSA) is 58.2 Å². The van der Waals surface area contributed by atoms with Crippen molar-refractivity contribution in [2.75, 3.05) is 5.32 Å². The van der Waals surface area contributed by atoms with E-state index in [1.807, 2.05) is 6.92 Å². The molecular formula is C21H19F3N2O2. The number of nitrogens with one attached hydrogen (secondary N) is 2. The third-order valence-corrected chi connectivity index (χ3v) is 3.74. The summed E-state index contributed by atoms with van der Waals surface area (Å²) in [5, 5.41) is 4.99. The number of hydrogen-bond acceptors (Lipinski definition) is 2. The molecule has 0 aliphatic heterocycles. The minimum absolute atomic E-state index is 0.0220. The van der Waals surface area contributed by atoms with Gasteiger partial charge in [-0.3, -0.25) is 9.59 Å². The van der Waals surface area contributed by atoms with Gasteiger partial charge in [0.25, 0.3) is 11.8 Å². The van der Waals surface area contributed by atoms with Crippen LogP contribution >= 0.6 is 0 Å². The van der Waals surface area contributed by atoms with E-state index in [0.717, 1.165) is 12.1 Å². The quantitative estimate of drug-likeness (QED) is 0.545. The van der Waals surface area contributed by atoms with Gasteiger partial charge in [0.15, 0.2) is 0 Å². The Bertz CT molecular complexity index is 903. The molecule has 2 aromatic carbocycles. The molecule has 28 heavy (non-hydrogen) atoms. The number of benzene rings is 2. The van der Waals surface area contributed by atoms with Gasteiger partial charge in [0, 0.05) is 16.9 Å². The van der Waals surface area contributed by atoms with E-state index in [1.54, 1.807) is 36.4 Å². The van der Waals surface area contributed by atoms with Crippen molar-refractivity contribution in [1.82, 2.24) is 5.32 Å². The molecule has 146 valence electrons. The average molecular weight is 388 g/mol. The fourth-order valence-corrected chi connectivity index (χ4v) is 2.34. The predicted octanol–water partition coefficient (Wildman–Crippen LogP) is 4.92. The Balaban J connectivity index is 2.14. The minimum Gasteiger partial charge on any atom is -0.322 e. The van der Waals surface area contributed by atoms with Crippen molar-refractivity contribution in [3.8, 4) is 0 Å². The van der Waals surface area contributed by atoms with Gasteiger partial charge >= 0.3 is 6.18 Å². The Labute approximate surface area is 160 Å². The van der Waals surface area contributed by atoms with Crippen LogP contribution in [0, 0.1) is 0 Å². The van der Waals surface area contributed by atoms with E-state index in [4.69, 9.17) is 0 Å². The van der Waals surface area contributed by atoms with E-state index < -0.39 is 23.6 Å². The summed E-state index contributed by atoms with van der Waals surface area (Å²) < 4.78 is 38.4. The number of carbonyl (C=O) groups is 2. The highest BCUT2D eigenvalue weighted by atomic mass is 19.4. The van der Waals surface area contributed by atoms with Crippen molar-refractivity contribution in [3.05, 3.63) is 89.6 Å². The number of alkyl halides is 3. The molecule has 0 saturated heterocycles. The van der Waals surface area contributed by atoms with Crippen LogP contribution in [0.5, 0.6) is 0 Å². The smallest absolute Gasteiger partial charge is 0.322 e. The summed E-state index contributed by atoms with van der Waals surface area (Å²) in [6.07, 6.45) is -2.40. The monoisotopic (exact) mass is 388 g/mol. The van der Waals surface area contributed by atoms with E-state index in [9.17, 15) is 22.8 Å². The van der Waals surface area contributed by atoms with Crippen molar-refractivity contribution >= 4 is 17.5 Å². The maximum atomic E-state index is 12.8. The van der Waals surface area contributed by atoms with Crippen LogP contribution in [0.15, 0.2) is 78.5 Å². The molecule has 2 aromatic rings. The second-order valence-electron chi connectivity index (χ2n) is 5.86. The highest BCUT2D eigenvalue weighted by Gasteiger charge is 2.30. The molecule has 0 heterocycles. The number of rotatable bonds is 6. The van der Waals surface area contributed by atoms with Gasteiger partial charge in [-0.25, -0.2) is 0 Å². The fourth-order valence-electron chi connectivity index (χ4n) is 2.34. The molecule has 0 bridgehead atoms. The number of halogens is 3. The second-order valence-corrected chi connectivity index (χ2v) is 5.86. The number of hydrogen-bond donors (Lipinski definition) is 2. The van der Waals surface area contributed by atoms with Crippen LogP contribution < -0.4 is 10.6 Å². The predicted molar refractivity (Wildman–Crippen MR) is 101 cm³/mol. The zero-order valence-electron chi connectivity index (χ0n) is 15.1. The highest BCUT2D eigenvalue weighted by Crippen LogP contribution is 2.30. The van der Waals surface area contributed by atoms with Gasteiger partial charge in [-0.15, -0.1) is 0 Å². The first kappa shape index (κ1) is 21.0.